The molecule has 0 amide bonds. The van der Waals surface area contributed by atoms with Gasteiger partial charge in [-0.1, -0.05) is 20.8 Å². The molecule has 0 spiro atoms. The fourth-order valence-electron chi connectivity index (χ4n) is 1.37. The topological polar surface area (TPSA) is 17.8 Å². The van der Waals surface area contributed by atoms with E-state index >= 15 is 0 Å². The van der Waals surface area contributed by atoms with Crippen molar-refractivity contribution in [1.82, 2.24) is 9.55 Å². The maximum Gasteiger partial charge on any atom is 0.106 e. The molecule has 0 unspecified atom stereocenters. The molecule has 1 rings (SSSR count). The average molecular weight is 180 g/mol. The van der Waals surface area contributed by atoms with E-state index in [2.05, 4.69) is 57.3 Å². The van der Waals surface area contributed by atoms with Gasteiger partial charge in [-0.05, 0) is 20.8 Å². The van der Waals surface area contributed by atoms with Crippen molar-refractivity contribution in [2.75, 3.05) is 0 Å². The Bertz CT molecular complexity index is 290. The number of nitrogens with zero attached hydrogens (tertiary/aromatic N) is 2. The van der Waals surface area contributed by atoms with Gasteiger partial charge in [0.1, 0.15) is 5.82 Å². The summed E-state index contributed by atoms with van der Waals surface area (Å²) < 4.78 is 2.22. The summed E-state index contributed by atoms with van der Waals surface area (Å²) in [5, 5.41) is 0. The van der Waals surface area contributed by atoms with Crippen LogP contribution in [0.15, 0.2) is 6.20 Å². The van der Waals surface area contributed by atoms with E-state index in [0.29, 0.717) is 6.04 Å². The van der Waals surface area contributed by atoms with Crippen LogP contribution in [0, 0.1) is 6.92 Å². The highest BCUT2D eigenvalue weighted by atomic mass is 15.1. The quantitative estimate of drug-likeness (QED) is 0.649. The summed E-state index contributed by atoms with van der Waals surface area (Å²) in [4.78, 5) is 4.57. The van der Waals surface area contributed by atoms with Gasteiger partial charge >= 0.3 is 0 Å². The van der Waals surface area contributed by atoms with Crippen LogP contribution in [-0.4, -0.2) is 9.55 Å². The third-order valence-electron chi connectivity index (χ3n) is 2.24. The van der Waals surface area contributed by atoms with Crippen molar-refractivity contribution < 1.29 is 0 Å². The summed E-state index contributed by atoms with van der Waals surface area (Å²) in [6.45, 7) is 13.0. The summed E-state index contributed by atoms with van der Waals surface area (Å²) in [5.74, 6) is 1.11. The number of aromatic nitrogens is 2. The van der Waals surface area contributed by atoms with E-state index in [9.17, 15) is 0 Å². The molecule has 2 heteroatoms. The Morgan fingerprint density at radius 1 is 1.31 bits per heavy atom. The van der Waals surface area contributed by atoms with Crippen LogP contribution < -0.4 is 0 Å². The molecule has 1 heterocycles. The number of rotatable bonds is 1. The molecule has 0 fully saturated rings. The fourth-order valence-corrected chi connectivity index (χ4v) is 1.37. The Balaban J connectivity index is 3.10. The van der Waals surface area contributed by atoms with Crippen LogP contribution in [0.5, 0.6) is 0 Å². The van der Waals surface area contributed by atoms with Crippen molar-refractivity contribution in [2.24, 2.45) is 0 Å². The molecule has 0 aromatic carbocycles. The summed E-state index contributed by atoms with van der Waals surface area (Å²) in [6.07, 6.45) is 2.17. The minimum Gasteiger partial charge on any atom is -0.332 e. The van der Waals surface area contributed by atoms with Crippen LogP contribution in [-0.2, 0) is 5.41 Å². The maximum absolute atomic E-state index is 4.57. The summed E-state index contributed by atoms with van der Waals surface area (Å²) in [6, 6.07) is 0.503. The van der Waals surface area contributed by atoms with Crippen molar-refractivity contribution in [3.8, 4) is 0 Å². The van der Waals surface area contributed by atoms with Crippen LogP contribution in [0.3, 0.4) is 0 Å². The highest BCUT2D eigenvalue weighted by Gasteiger charge is 2.18. The van der Waals surface area contributed by atoms with Gasteiger partial charge in [0.15, 0.2) is 0 Å². The van der Waals surface area contributed by atoms with Gasteiger partial charge in [0, 0.05) is 17.7 Å². The Morgan fingerprint density at radius 3 is 2.08 bits per heavy atom. The summed E-state index contributed by atoms with van der Waals surface area (Å²) in [7, 11) is 0. The van der Waals surface area contributed by atoms with Gasteiger partial charge in [0.05, 0.1) is 5.69 Å². The van der Waals surface area contributed by atoms with Crippen LogP contribution in [0.25, 0.3) is 0 Å². The molecule has 2 nitrogen and oxygen atoms in total. The van der Waals surface area contributed by atoms with Crippen LogP contribution >= 0.6 is 0 Å². The monoisotopic (exact) mass is 180 g/mol. The van der Waals surface area contributed by atoms with Gasteiger partial charge < -0.3 is 4.57 Å². The van der Waals surface area contributed by atoms with Gasteiger partial charge in [-0.3, -0.25) is 0 Å². The lowest BCUT2D eigenvalue weighted by molar-refractivity contribution is 0.563. The normalized spacial score (nSPS) is 12.5. The largest absolute Gasteiger partial charge is 0.332 e. The van der Waals surface area contributed by atoms with Gasteiger partial charge in [-0.15, -0.1) is 0 Å². The lowest BCUT2D eigenvalue weighted by Crippen LogP contribution is -2.11. The standard InChI is InChI=1S/C11H20N2/c1-8(2)13-7-10(11(4,5)6)12-9(13)3/h7-8H,1-6H3. The molecular weight excluding hydrogens is 160 g/mol. The second-order valence-corrected chi connectivity index (χ2v) is 4.92. The molecule has 0 aliphatic rings. The smallest absolute Gasteiger partial charge is 0.106 e. The van der Waals surface area contributed by atoms with Crippen molar-refractivity contribution in [3.63, 3.8) is 0 Å². The van der Waals surface area contributed by atoms with Gasteiger partial charge in [-0.25, -0.2) is 4.98 Å². The summed E-state index contributed by atoms with van der Waals surface area (Å²) in [5.41, 5.74) is 1.34. The minimum absolute atomic E-state index is 0.158. The van der Waals surface area contributed by atoms with Crippen molar-refractivity contribution in [1.29, 1.82) is 0 Å². The number of aryl methyl sites for hydroxylation is 1. The van der Waals surface area contributed by atoms with Gasteiger partial charge in [0.25, 0.3) is 0 Å². The average Bonchev–Trinajstić information content (AvgIpc) is 2.29. The molecule has 1 aromatic rings. The molecule has 0 aliphatic heterocycles. The Kier molecular flexibility index (Phi) is 2.51. The molecule has 1 aromatic heterocycles. The zero-order valence-electron chi connectivity index (χ0n) is 9.55. The number of imidazole rings is 1. The molecule has 0 bridgehead atoms. The molecule has 0 radical (unpaired) electrons. The third-order valence-corrected chi connectivity index (χ3v) is 2.24. The molecule has 13 heavy (non-hydrogen) atoms. The van der Waals surface area contributed by atoms with E-state index in [0.717, 1.165) is 5.82 Å². The molecule has 0 atom stereocenters. The van der Waals surface area contributed by atoms with Crippen molar-refractivity contribution in [3.05, 3.63) is 17.7 Å². The van der Waals surface area contributed by atoms with E-state index in [1.54, 1.807) is 0 Å². The zero-order valence-corrected chi connectivity index (χ0v) is 9.55. The first-order valence-electron chi connectivity index (χ1n) is 4.88. The van der Waals surface area contributed by atoms with E-state index in [4.69, 9.17) is 0 Å². The second kappa shape index (κ2) is 3.17. The Labute approximate surface area is 81.0 Å². The second-order valence-electron chi connectivity index (χ2n) is 4.92. The minimum atomic E-state index is 0.158. The first-order valence-corrected chi connectivity index (χ1v) is 4.88. The maximum atomic E-state index is 4.57. The lowest BCUT2D eigenvalue weighted by Gasteiger charge is -2.14. The highest BCUT2D eigenvalue weighted by Crippen LogP contribution is 2.22. The van der Waals surface area contributed by atoms with E-state index in [1.165, 1.54) is 5.69 Å². The molecule has 0 aliphatic carbocycles. The molecule has 0 saturated carbocycles. The predicted octanol–water partition coefficient (Wildman–Crippen LogP) is 3.07. The molecule has 74 valence electrons. The van der Waals surface area contributed by atoms with Crippen molar-refractivity contribution in [2.45, 2.75) is 53.0 Å². The zero-order chi connectivity index (χ0) is 10.2. The first kappa shape index (κ1) is 10.3. The fraction of sp³-hybridized carbons (Fsp3) is 0.727. The van der Waals surface area contributed by atoms with Crippen LogP contribution in [0.2, 0.25) is 0 Å². The molecular formula is C11H20N2. The number of hydrogen-bond acceptors (Lipinski definition) is 1. The van der Waals surface area contributed by atoms with Crippen molar-refractivity contribution >= 4 is 0 Å². The first-order chi connectivity index (χ1) is 5.82. The van der Waals surface area contributed by atoms with E-state index in [-0.39, 0.29) is 5.41 Å². The van der Waals surface area contributed by atoms with Crippen LogP contribution in [0.1, 0.15) is 52.2 Å². The number of hydrogen-bond donors (Lipinski definition) is 0. The van der Waals surface area contributed by atoms with E-state index < -0.39 is 0 Å². The molecule has 0 N–H and O–H groups in total. The third kappa shape index (κ3) is 2.11. The highest BCUT2D eigenvalue weighted by molar-refractivity contribution is 5.13. The lowest BCUT2D eigenvalue weighted by atomic mass is 9.93. The van der Waals surface area contributed by atoms with E-state index in [1.807, 2.05) is 0 Å². The SMILES string of the molecule is Cc1nc(C(C)(C)C)cn1C(C)C. The molecule has 0 saturated heterocycles. The summed E-state index contributed by atoms with van der Waals surface area (Å²) >= 11 is 0. The van der Waals surface area contributed by atoms with Crippen LogP contribution in [0.4, 0.5) is 0 Å². The predicted molar refractivity (Wildman–Crippen MR) is 56.0 cm³/mol. The van der Waals surface area contributed by atoms with Gasteiger partial charge in [0.2, 0.25) is 0 Å². The Morgan fingerprint density at radius 2 is 1.85 bits per heavy atom. The Hall–Kier alpha value is -0.790. The van der Waals surface area contributed by atoms with Gasteiger partial charge in [-0.2, -0.15) is 0 Å².